The summed E-state index contributed by atoms with van der Waals surface area (Å²) < 4.78 is 7.01. The molecule has 0 bridgehead atoms. The van der Waals surface area contributed by atoms with Gasteiger partial charge in [0.2, 0.25) is 0 Å². The molecule has 0 radical (unpaired) electrons. The second kappa shape index (κ2) is 4.37. The van der Waals surface area contributed by atoms with Crippen LogP contribution in [0.4, 0.5) is 0 Å². The van der Waals surface area contributed by atoms with Gasteiger partial charge in [0.25, 0.3) is 5.91 Å². The van der Waals surface area contributed by atoms with Gasteiger partial charge < -0.3 is 15.0 Å². The lowest BCUT2D eigenvalue weighted by Crippen LogP contribution is -2.13. The van der Waals surface area contributed by atoms with Gasteiger partial charge in [-0.1, -0.05) is 12.1 Å². The molecule has 0 saturated heterocycles. The number of nitrogens with zero attached hydrogens (tertiary/aromatic N) is 1. The summed E-state index contributed by atoms with van der Waals surface area (Å²) in [5, 5.41) is 1.02. The van der Waals surface area contributed by atoms with Gasteiger partial charge in [-0.25, -0.2) is 0 Å². The van der Waals surface area contributed by atoms with E-state index in [-0.39, 0.29) is 0 Å². The zero-order valence-corrected chi connectivity index (χ0v) is 9.14. The van der Waals surface area contributed by atoms with Gasteiger partial charge in [0.05, 0.1) is 17.7 Å². The van der Waals surface area contributed by atoms with Gasteiger partial charge in [0.1, 0.15) is 0 Å². The van der Waals surface area contributed by atoms with E-state index in [1.54, 1.807) is 13.2 Å². The SMILES string of the molecule is COCCn1ccc2cccc(C(N)=O)c21. The number of para-hydroxylation sites is 1. The maximum absolute atomic E-state index is 11.3. The number of methoxy groups -OCH3 is 1. The largest absolute Gasteiger partial charge is 0.383 e. The van der Waals surface area contributed by atoms with Crippen molar-refractivity contribution in [2.45, 2.75) is 6.54 Å². The molecule has 1 aromatic carbocycles. The maximum Gasteiger partial charge on any atom is 0.250 e. The summed E-state index contributed by atoms with van der Waals surface area (Å²) in [6.07, 6.45) is 1.94. The molecule has 84 valence electrons. The molecule has 0 unspecified atom stereocenters. The molecule has 2 aromatic rings. The number of hydrogen-bond acceptors (Lipinski definition) is 2. The molecule has 0 aliphatic heterocycles. The van der Waals surface area contributed by atoms with Crippen LogP contribution in [0.3, 0.4) is 0 Å². The third-order valence-corrected chi connectivity index (χ3v) is 2.59. The first kappa shape index (κ1) is 10.7. The molecule has 1 aromatic heterocycles. The van der Waals surface area contributed by atoms with Crippen molar-refractivity contribution in [3.05, 3.63) is 36.0 Å². The highest BCUT2D eigenvalue weighted by molar-refractivity contribution is 6.05. The van der Waals surface area contributed by atoms with Crippen LogP contribution in [0.5, 0.6) is 0 Å². The van der Waals surface area contributed by atoms with Crippen LogP contribution in [-0.2, 0) is 11.3 Å². The summed E-state index contributed by atoms with van der Waals surface area (Å²) in [4.78, 5) is 11.3. The molecule has 1 amide bonds. The second-order valence-electron chi connectivity index (χ2n) is 3.61. The minimum Gasteiger partial charge on any atom is -0.383 e. The zero-order chi connectivity index (χ0) is 11.5. The third kappa shape index (κ3) is 1.79. The predicted molar refractivity (Wildman–Crippen MR) is 62.3 cm³/mol. The standard InChI is InChI=1S/C12H14N2O2/c1-16-8-7-14-6-5-9-3-2-4-10(11(9)14)12(13)15/h2-6H,7-8H2,1H3,(H2,13,15). The van der Waals surface area contributed by atoms with Gasteiger partial charge in [-0.15, -0.1) is 0 Å². The van der Waals surface area contributed by atoms with Crippen molar-refractivity contribution in [1.29, 1.82) is 0 Å². The number of primary amides is 1. The van der Waals surface area contributed by atoms with E-state index in [1.165, 1.54) is 0 Å². The fourth-order valence-corrected chi connectivity index (χ4v) is 1.84. The summed E-state index contributed by atoms with van der Waals surface area (Å²) in [5.41, 5.74) is 6.79. The van der Waals surface area contributed by atoms with E-state index in [9.17, 15) is 4.79 Å². The van der Waals surface area contributed by atoms with Crippen LogP contribution >= 0.6 is 0 Å². The Morgan fingerprint density at radius 3 is 2.94 bits per heavy atom. The second-order valence-corrected chi connectivity index (χ2v) is 3.61. The van der Waals surface area contributed by atoms with Crippen LogP contribution in [-0.4, -0.2) is 24.2 Å². The number of amides is 1. The molecular weight excluding hydrogens is 204 g/mol. The predicted octanol–water partition coefficient (Wildman–Crippen LogP) is 1.39. The highest BCUT2D eigenvalue weighted by atomic mass is 16.5. The Labute approximate surface area is 93.6 Å². The maximum atomic E-state index is 11.3. The average Bonchev–Trinajstić information content (AvgIpc) is 2.69. The van der Waals surface area contributed by atoms with Crippen LogP contribution in [0, 0.1) is 0 Å². The fourth-order valence-electron chi connectivity index (χ4n) is 1.84. The lowest BCUT2D eigenvalue weighted by atomic mass is 10.1. The molecule has 0 fully saturated rings. The Morgan fingerprint density at radius 1 is 1.44 bits per heavy atom. The first-order valence-electron chi connectivity index (χ1n) is 5.10. The Balaban J connectivity index is 2.54. The monoisotopic (exact) mass is 218 g/mol. The Hall–Kier alpha value is -1.81. The smallest absolute Gasteiger partial charge is 0.250 e. The minimum atomic E-state index is -0.400. The van der Waals surface area contributed by atoms with Crippen molar-refractivity contribution in [1.82, 2.24) is 4.57 Å². The highest BCUT2D eigenvalue weighted by Gasteiger charge is 2.09. The van der Waals surface area contributed by atoms with Crippen molar-refractivity contribution < 1.29 is 9.53 Å². The first-order chi connectivity index (χ1) is 7.74. The van der Waals surface area contributed by atoms with Crippen LogP contribution < -0.4 is 5.73 Å². The molecule has 1 heterocycles. The lowest BCUT2D eigenvalue weighted by Gasteiger charge is -2.07. The molecule has 0 aliphatic carbocycles. The molecule has 2 rings (SSSR count). The lowest BCUT2D eigenvalue weighted by molar-refractivity contribution is 0.100. The number of carbonyl (C=O) groups excluding carboxylic acids is 1. The Morgan fingerprint density at radius 2 is 2.25 bits per heavy atom. The number of rotatable bonds is 4. The summed E-state index contributed by atoms with van der Waals surface area (Å²) in [6, 6.07) is 7.51. The summed E-state index contributed by atoms with van der Waals surface area (Å²) >= 11 is 0. The zero-order valence-electron chi connectivity index (χ0n) is 9.14. The number of carbonyl (C=O) groups is 1. The van der Waals surface area contributed by atoms with Gasteiger partial charge in [-0.3, -0.25) is 4.79 Å². The van der Waals surface area contributed by atoms with Crippen molar-refractivity contribution in [3.8, 4) is 0 Å². The summed E-state index contributed by atoms with van der Waals surface area (Å²) in [5.74, 6) is -0.400. The molecule has 2 N–H and O–H groups in total. The number of aromatic nitrogens is 1. The van der Waals surface area contributed by atoms with Crippen molar-refractivity contribution in [2.75, 3.05) is 13.7 Å². The van der Waals surface area contributed by atoms with Crippen LogP contribution in [0.2, 0.25) is 0 Å². The molecule has 4 heteroatoms. The quantitative estimate of drug-likeness (QED) is 0.843. The van der Waals surface area contributed by atoms with E-state index < -0.39 is 5.91 Å². The Kier molecular flexibility index (Phi) is 2.92. The van der Waals surface area contributed by atoms with E-state index in [0.29, 0.717) is 18.7 Å². The average molecular weight is 218 g/mol. The molecule has 0 spiro atoms. The van der Waals surface area contributed by atoms with E-state index in [0.717, 1.165) is 10.9 Å². The summed E-state index contributed by atoms with van der Waals surface area (Å²) in [7, 11) is 1.65. The van der Waals surface area contributed by atoms with Gasteiger partial charge in [-0.2, -0.15) is 0 Å². The normalized spacial score (nSPS) is 10.8. The van der Waals surface area contributed by atoms with Crippen LogP contribution in [0.25, 0.3) is 10.9 Å². The fraction of sp³-hybridized carbons (Fsp3) is 0.250. The Bertz CT molecular complexity index is 517. The summed E-state index contributed by atoms with van der Waals surface area (Å²) in [6.45, 7) is 1.32. The molecular formula is C12H14N2O2. The number of hydrogen-bond donors (Lipinski definition) is 1. The van der Waals surface area contributed by atoms with Crippen LogP contribution in [0.1, 0.15) is 10.4 Å². The van der Waals surface area contributed by atoms with Crippen molar-refractivity contribution >= 4 is 16.8 Å². The van der Waals surface area contributed by atoms with Crippen LogP contribution in [0.15, 0.2) is 30.5 Å². The minimum absolute atomic E-state index is 0.400. The van der Waals surface area contributed by atoms with E-state index >= 15 is 0 Å². The number of benzene rings is 1. The molecule has 0 atom stereocenters. The van der Waals surface area contributed by atoms with Gasteiger partial charge in [-0.05, 0) is 12.1 Å². The first-order valence-corrected chi connectivity index (χ1v) is 5.10. The molecule has 0 aliphatic rings. The topological polar surface area (TPSA) is 57.2 Å². The van der Waals surface area contributed by atoms with Crippen molar-refractivity contribution in [3.63, 3.8) is 0 Å². The highest BCUT2D eigenvalue weighted by Crippen LogP contribution is 2.19. The molecule has 0 saturated carbocycles. The van der Waals surface area contributed by atoms with E-state index in [4.69, 9.17) is 10.5 Å². The third-order valence-electron chi connectivity index (χ3n) is 2.59. The van der Waals surface area contributed by atoms with E-state index in [1.807, 2.05) is 29.0 Å². The number of fused-ring (bicyclic) bond motifs is 1. The van der Waals surface area contributed by atoms with Gasteiger partial charge in [0.15, 0.2) is 0 Å². The number of ether oxygens (including phenoxy) is 1. The molecule has 4 nitrogen and oxygen atoms in total. The van der Waals surface area contributed by atoms with Gasteiger partial charge in [0, 0.05) is 25.2 Å². The number of nitrogens with two attached hydrogens (primary N) is 1. The van der Waals surface area contributed by atoms with Gasteiger partial charge >= 0.3 is 0 Å². The van der Waals surface area contributed by atoms with Crippen molar-refractivity contribution in [2.24, 2.45) is 5.73 Å². The van der Waals surface area contributed by atoms with E-state index in [2.05, 4.69) is 0 Å². The molecule has 16 heavy (non-hydrogen) atoms.